The molecule has 2 amide bonds. The van der Waals surface area contributed by atoms with Gasteiger partial charge in [0, 0.05) is 37.1 Å². The smallest absolute Gasteiger partial charge is 0.387 e. The number of benzene rings is 2. The number of amides is 2. The zero-order valence-corrected chi connectivity index (χ0v) is 14.8. The minimum absolute atomic E-state index is 0.00392. The predicted molar refractivity (Wildman–Crippen MR) is 96.8 cm³/mol. The fourth-order valence-electron chi connectivity index (χ4n) is 3.05. The second kappa shape index (κ2) is 8.81. The van der Waals surface area contributed by atoms with Crippen LogP contribution < -0.4 is 20.3 Å². The van der Waals surface area contributed by atoms with Crippen LogP contribution in [0.4, 0.5) is 33.7 Å². The zero-order valence-electron chi connectivity index (χ0n) is 14.8. The number of hydrogen-bond donors (Lipinski definition) is 2. The van der Waals surface area contributed by atoms with Crippen LogP contribution in [0.25, 0.3) is 0 Å². The minimum atomic E-state index is -2.90. The van der Waals surface area contributed by atoms with E-state index in [-0.39, 0.29) is 11.7 Å². The van der Waals surface area contributed by atoms with Gasteiger partial charge >= 0.3 is 12.6 Å². The van der Waals surface area contributed by atoms with Crippen molar-refractivity contribution in [3.63, 3.8) is 0 Å². The molecule has 0 aliphatic carbocycles. The molecule has 0 bridgehead atoms. The van der Waals surface area contributed by atoms with E-state index in [1.807, 2.05) is 4.90 Å². The van der Waals surface area contributed by atoms with Crippen LogP contribution in [-0.4, -0.2) is 32.3 Å². The molecular weight excluding hydrogens is 378 g/mol. The van der Waals surface area contributed by atoms with Crippen LogP contribution in [0.5, 0.6) is 5.75 Å². The van der Waals surface area contributed by atoms with Gasteiger partial charge < -0.3 is 20.3 Å². The molecule has 2 aromatic carbocycles. The molecule has 0 radical (unpaired) electrons. The van der Waals surface area contributed by atoms with Crippen molar-refractivity contribution < 1.29 is 27.1 Å². The van der Waals surface area contributed by atoms with E-state index in [4.69, 9.17) is 0 Å². The molecule has 150 valence electrons. The molecule has 1 unspecified atom stereocenters. The third-order valence-corrected chi connectivity index (χ3v) is 4.44. The van der Waals surface area contributed by atoms with Crippen molar-refractivity contribution in [2.24, 2.45) is 5.92 Å². The van der Waals surface area contributed by atoms with Gasteiger partial charge in [0.15, 0.2) is 11.6 Å². The number of carbonyl (C=O) groups excluding carboxylic acids is 1. The molecule has 2 aromatic rings. The number of halogens is 4. The number of ether oxygens (including phenoxy) is 1. The maximum absolute atomic E-state index is 13.4. The van der Waals surface area contributed by atoms with Gasteiger partial charge in [0.05, 0.1) is 0 Å². The summed E-state index contributed by atoms with van der Waals surface area (Å²) >= 11 is 0. The van der Waals surface area contributed by atoms with Crippen molar-refractivity contribution in [3.05, 3.63) is 54.1 Å². The maximum atomic E-state index is 13.4. The molecule has 28 heavy (non-hydrogen) atoms. The van der Waals surface area contributed by atoms with Crippen LogP contribution in [0.2, 0.25) is 0 Å². The van der Waals surface area contributed by atoms with Crippen molar-refractivity contribution in [1.82, 2.24) is 5.32 Å². The lowest BCUT2D eigenvalue weighted by molar-refractivity contribution is -0.0498. The van der Waals surface area contributed by atoms with E-state index >= 15 is 0 Å². The fraction of sp³-hybridized carbons (Fsp3) is 0.316. The summed E-state index contributed by atoms with van der Waals surface area (Å²) in [5.41, 5.74) is 1.05. The average molecular weight is 397 g/mol. The molecule has 1 saturated heterocycles. The topological polar surface area (TPSA) is 53.6 Å². The number of rotatable bonds is 6. The summed E-state index contributed by atoms with van der Waals surface area (Å²) < 4.78 is 54.9. The zero-order chi connectivity index (χ0) is 20.1. The van der Waals surface area contributed by atoms with Gasteiger partial charge in [0.25, 0.3) is 0 Å². The highest BCUT2D eigenvalue weighted by Crippen LogP contribution is 2.25. The van der Waals surface area contributed by atoms with Gasteiger partial charge in [-0.1, -0.05) is 0 Å². The summed E-state index contributed by atoms with van der Waals surface area (Å²) in [6.45, 7) is -1.19. The van der Waals surface area contributed by atoms with Crippen molar-refractivity contribution >= 4 is 17.4 Å². The lowest BCUT2D eigenvalue weighted by Crippen LogP contribution is -2.34. The molecule has 9 heteroatoms. The Morgan fingerprint density at radius 1 is 1.14 bits per heavy atom. The van der Waals surface area contributed by atoms with E-state index in [1.54, 1.807) is 0 Å². The van der Waals surface area contributed by atoms with E-state index in [0.717, 1.165) is 12.5 Å². The quantitative estimate of drug-likeness (QED) is 0.718. The predicted octanol–water partition coefficient (Wildman–Crippen LogP) is 4.21. The monoisotopic (exact) mass is 397 g/mol. The summed E-state index contributed by atoms with van der Waals surface area (Å²) in [7, 11) is 0. The van der Waals surface area contributed by atoms with Gasteiger partial charge in [-0.25, -0.2) is 13.6 Å². The molecule has 1 fully saturated rings. The summed E-state index contributed by atoms with van der Waals surface area (Å²) in [5, 5.41) is 5.36. The van der Waals surface area contributed by atoms with Gasteiger partial charge in [-0.2, -0.15) is 8.78 Å². The van der Waals surface area contributed by atoms with Gasteiger partial charge in [-0.3, -0.25) is 0 Å². The standard InChI is InChI=1S/C19H19F4N3O2/c20-16-6-3-14(9-17(16)21)26-8-7-12(11-26)10-24-19(27)25-13-1-4-15(5-2-13)28-18(22)23/h1-6,9,12,18H,7-8,10-11H2,(H2,24,25,27). The molecule has 1 atom stereocenters. The summed E-state index contributed by atoms with van der Waals surface area (Å²) in [6, 6.07) is 8.95. The fourth-order valence-corrected chi connectivity index (χ4v) is 3.05. The number of hydrogen-bond acceptors (Lipinski definition) is 3. The third kappa shape index (κ3) is 5.28. The number of nitrogens with one attached hydrogen (secondary N) is 2. The molecule has 3 rings (SSSR count). The normalized spacial score (nSPS) is 16.3. The van der Waals surface area contributed by atoms with Gasteiger partial charge in [-0.15, -0.1) is 0 Å². The Hall–Kier alpha value is -2.97. The van der Waals surface area contributed by atoms with Gasteiger partial charge in [0.1, 0.15) is 5.75 Å². The molecule has 1 heterocycles. The Balaban J connectivity index is 1.44. The Morgan fingerprint density at radius 2 is 1.89 bits per heavy atom. The van der Waals surface area contributed by atoms with E-state index in [9.17, 15) is 22.4 Å². The maximum Gasteiger partial charge on any atom is 0.387 e. The van der Waals surface area contributed by atoms with Crippen LogP contribution in [0.3, 0.4) is 0 Å². The molecule has 0 aromatic heterocycles. The molecule has 1 aliphatic heterocycles. The number of anilines is 2. The lowest BCUT2D eigenvalue weighted by atomic mass is 10.1. The minimum Gasteiger partial charge on any atom is -0.435 e. The molecule has 0 saturated carbocycles. The molecule has 5 nitrogen and oxygen atoms in total. The Bertz CT molecular complexity index is 817. The first kappa shape index (κ1) is 19.8. The first-order chi connectivity index (χ1) is 13.4. The van der Waals surface area contributed by atoms with Crippen LogP contribution in [0, 0.1) is 17.6 Å². The second-order valence-corrected chi connectivity index (χ2v) is 6.44. The average Bonchev–Trinajstić information content (AvgIpc) is 3.12. The highest BCUT2D eigenvalue weighted by Gasteiger charge is 2.23. The first-order valence-corrected chi connectivity index (χ1v) is 8.70. The van der Waals surface area contributed by atoms with E-state index < -0.39 is 24.3 Å². The SMILES string of the molecule is O=C(NCC1CCN(c2ccc(F)c(F)c2)C1)Nc1ccc(OC(F)F)cc1. The number of nitrogens with zero attached hydrogens (tertiary/aromatic N) is 1. The molecular formula is C19H19F4N3O2. The number of carbonyl (C=O) groups is 1. The Labute approximate surface area is 159 Å². The van der Waals surface area contributed by atoms with Crippen molar-refractivity contribution in [1.29, 1.82) is 0 Å². The van der Waals surface area contributed by atoms with Crippen molar-refractivity contribution in [2.45, 2.75) is 13.0 Å². The summed E-state index contributed by atoms with van der Waals surface area (Å²) in [5.74, 6) is -1.60. The van der Waals surface area contributed by atoms with Crippen molar-refractivity contribution in [2.75, 3.05) is 29.9 Å². The van der Waals surface area contributed by atoms with Crippen LogP contribution in [0.1, 0.15) is 6.42 Å². The highest BCUT2D eigenvalue weighted by molar-refractivity contribution is 5.89. The summed E-state index contributed by atoms with van der Waals surface area (Å²) in [4.78, 5) is 13.9. The summed E-state index contributed by atoms with van der Waals surface area (Å²) in [6.07, 6.45) is 0.805. The molecule has 1 aliphatic rings. The molecule has 0 spiro atoms. The third-order valence-electron chi connectivity index (χ3n) is 4.44. The van der Waals surface area contributed by atoms with Crippen LogP contribution in [-0.2, 0) is 0 Å². The van der Waals surface area contributed by atoms with Crippen LogP contribution >= 0.6 is 0 Å². The Kier molecular flexibility index (Phi) is 6.23. The lowest BCUT2D eigenvalue weighted by Gasteiger charge is -2.19. The highest BCUT2D eigenvalue weighted by atomic mass is 19.3. The number of alkyl halides is 2. The first-order valence-electron chi connectivity index (χ1n) is 8.70. The molecule has 2 N–H and O–H groups in total. The van der Waals surface area contributed by atoms with E-state index in [1.165, 1.54) is 36.4 Å². The van der Waals surface area contributed by atoms with E-state index in [2.05, 4.69) is 15.4 Å². The Morgan fingerprint density at radius 3 is 2.57 bits per heavy atom. The van der Waals surface area contributed by atoms with Gasteiger partial charge in [-0.05, 0) is 48.7 Å². The van der Waals surface area contributed by atoms with Gasteiger partial charge in [0.2, 0.25) is 0 Å². The van der Waals surface area contributed by atoms with Crippen LogP contribution in [0.15, 0.2) is 42.5 Å². The largest absolute Gasteiger partial charge is 0.435 e. The van der Waals surface area contributed by atoms with Crippen molar-refractivity contribution in [3.8, 4) is 5.75 Å². The number of urea groups is 1. The second-order valence-electron chi connectivity index (χ2n) is 6.44. The van der Waals surface area contributed by atoms with E-state index in [0.29, 0.717) is 31.0 Å².